The molecular formula is C14H31N2O2P. The molecule has 0 radical (unpaired) electrons. The summed E-state index contributed by atoms with van der Waals surface area (Å²) in [6, 6.07) is 0. The molecule has 0 aromatic carbocycles. The molecule has 0 aromatic heterocycles. The highest BCUT2D eigenvalue weighted by Crippen LogP contribution is 2.44. The Balaban J connectivity index is 4.37. The molecule has 0 aliphatic carbocycles. The third-order valence-corrected chi connectivity index (χ3v) is 6.31. The number of hydrogen-bond acceptors (Lipinski definition) is 4. The summed E-state index contributed by atoms with van der Waals surface area (Å²) < 4.78 is 10.1. The summed E-state index contributed by atoms with van der Waals surface area (Å²) >= 11 is 0. The molecule has 0 saturated carbocycles. The summed E-state index contributed by atoms with van der Waals surface area (Å²) in [7, 11) is -0.269. The van der Waals surface area contributed by atoms with Gasteiger partial charge in [0.15, 0.2) is 0 Å². The van der Waals surface area contributed by atoms with Gasteiger partial charge in [0, 0.05) is 40.8 Å². The lowest BCUT2D eigenvalue weighted by Gasteiger charge is -2.37. The van der Waals surface area contributed by atoms with E-state index in [1.54, 1.807) is 0 Å². The minimum atomic E-state index is -0.269. The fourth-order valence-corrected chi connectivity index (χ4v) is 4.83. The van der Waals surface area contributed by atoms with Crippen LogP contribution in [0, 0.1) is 0 Å². The van der Waals surface area contributed by atoms with Gasteiger partial charge in [-0.15, -0.1) is 0 Å². The zero-order valence-corrected chi connectivity index (χ0v) is 14.2. The van der Waals surface area contributed by atoms with Gasteiger partial charge < -0.3 is 4.74 Å². The fourth-order valence-electron chi connectivity index (χ4n) is 2.16. The number of esters is 1. The lowest BCUT2D eigenvalue weighted by atomic mass is 10.3. The molecule has 0 unspecified atom stereocenters. The van der Waals surface area contributed by atoms with Crippen LogP contribution in [0.1, 0.15) is 47.5 Å². The van der Waals surface area contributed by atoms with E-state index >= 15 is 0 Å². The van der Waals surface area contributed by atoms with Crippen molar-refractivity contribution in [1.82, 2.24) is 9.34 Å². The molecule has 0 aromatic rings. The van der Waals surface area contributed by atoms with Crippen LogP contribution in [0.5, 0.6) is 0 Å². The number of carbonyl (C=O) groups excluding carboxylic acids is 1. The quantitative estimate of drug-likeness (QED) is 0.432. The van der Waals surface area contributed by atoms with Crippen LogP contribution in [-0.4, -0.2) is 54.3 Å². The number of rotatable bonds is 11. The molecule has 19 heavy (non-hydrogen) atoms. The molecule has 0 spiro atoms. The predicted octanol–water partition coefficient (Wildman–Crippen LogP) is 3.33. The predicted molar refractivity (Wildman–Crippen MR) is 83.5 cm³/mol. The van der Waals surface area contributed by atoms with Crippen molar-refractivity contribution < 1.29 is 9.53 Å². The first-order valence-corrected chi connectivity index (χ1v) is 9.00. The lowest BCUT2D eigenvalue weighted by Crippen LogP contribution is -2.30. The summed E-state index contributed by atoms with van der Waals surface area (Å²) in [5.74, 6) is -0.0588. The maximum absolute atomic E-state index is 11.4. The Labute approximate surface area is 120 Å². The van der Waals surface area contributed by atoms with Crippen LogP contribution >= 0.6 is 8.22 Å². The van der Waals surface area contributed by atoms with Gasteiger partial charge in [0.05, 0.1) is 6.61 Å². The summed E-state index contributed by atoms with van der Waals surface area (Å²) in [4.78, 5) is 11.4. The van der Waals surface area contributed by atoms with Crippen LogP contribution in [0.4, 0.5) is 0 Å². The van der Waals surface area contributed by atoms with Crippen molar-refractivity contribution in [2.75, 3.05) is 38.9 Å². The average molecular weight is 290 g/mol. The van der Waals surface area contributed by atoms with Crippen molar-refractivity contribution in [3.05, 3.63) is 0 Å². The summed E-state index contributed by atoms with van der Waals surface area (Å²) in [5, 5.41) is 0. The van der Waals surface area contributed by atoms with Crippen molar-refractivity contribution in [3.63, 3.8) is 0 Å². The van der Waals surface area contributed by atoms with Crippen LogP contribution in [-0.2, 0) is 9.53 Å². The first-order chi connectivity index (χ1) is 9.14. The fraction of sp³-hybridized carbons (Fsp3) is 0.929. The van der Waals surface area contributed by atoms with Crippen LogP contribution in [0.25, 0.3) is 0 Å². The van der Waals surface area contributed by atoms with Crippen LogP contribution in [0.15, 0.2) is 0 Å². The second-order valence-corrected chi connectivity index (χ2v) is 6.61. The highest BCUT2D eigenvalue weighted by Gasteiger charge is 2.21. The number of ether oxygens (including phenoxy) is 1. The monoisotopic (exact) mass is 290 g/mol. The van der Waals surface area contributed by atoms with Crippen molar-refractivity contribution >= 4 is 14.2 Å². The van der Waals surface area contributed by atoms with Crippen molar-refractivity contribution in [3.8, 4) is 0 Å². The Morgan fingerprint density at radius 2 is 1.42 bits per heavy atom. The molecule has 0 bridgehead atoms. The number of nitrogens with zero attached hydrogens (tertiary/aromatic N) is 2. The minimum Gasteiger partial charge on any atom is -0.466 e. The van der Waals surface area contributed by atoms with Gasteiger partial charge in [-0.2, -0.15) is 0 Å². The molecule has 0 heterocycles. The Morgan fingerprint density at radius 3 is 1.79 bits per heavy atom. The molecule has 0 atom stereocenters. The van der Waals surface area contributed by atoms with Crippen molar-refractivity contribution in [2.45, 2.75) is 47.5 Å². The van der Waals surface area contributed by atoms with E-state index in [1.807, 2.05) is 6.92 Å². The van der Waals surface area contributed by atoms with E-state index in [0.29, 0.717) is 13.0 Å². The van der Waals surface area contributed by atoms with Gasteiger partial charge in [0.1, 0.15) is 0 Å². The van der Waals surface area contributed by atoms with Gasteiger partial charge in [-0.25, -0.2) is 0 Å². The van der Waals surface area contributed by atoms with Crippen LogP contribution < -0.4 is 0 Å². The smallest absolute Gasteiger partial charge is 0.305 e. The minimum absolute atomic E-state index is 0.0588. The number of hydrogen-bond donors (Lipinski definition) is 0. The Kier molecular flexibility index (Phi) is 11.5. The maximum atomic E-state index is 11.4. The zero-order valence-electron chi connectivity index (χ0n) is 13.3. The summed E-state index contributed by atoms with van der Waals surface area (Å²) in [6.45, 7) is 15.5. The molecule has 0 aliphatic heterocycles. The van der Waals surface area contributed by atoms with Crippen LogP contribution in [0.3, 0.4) is 0 Å². The zero-order chi connectivity index (χ0) is 14.7. The standard InChI is InChI=1S/C14H31N2O2P/c1-6-15(7-2)19(16(8-3)9-4)13-11-12-14(17)18-10-5/h6-13H2,1-5H3. The molecule has 0 fully saturated rings. The first kappa shape index (κ1) is 18.8. The van der Waals surface area contributed by atoms with E-state index in [4.69, 9.17) is 4.74 Å². The SMILES string of the molecule is CCOC(=O)CCCP(N(CC)CC)N(CC)CC. The second-order valence-electron chi connectivity index (χ2n) is 4.28. The van der Waals surface area contributed by atoms with E-state index in [0.717, 1.165) is 38.8 Å². The van der Waals surface area contributed by atoms with Gasteiger partial charge in [-0.3, -0.25) is 14.1 Å². The van der Waals surface area contributed by atoms with E-state index < -0.39 is 0 Å². The molecule has 5 heteroatoms. The Morgan fingerprint density at radius 1 is 0.947 bits per heavy atom. The molecular weight excluding hydrogens is 259 g/mol. The van der Waals surface area contributed by atoms with Gasteiger partial charge >= 0.3 is 5.97 Å². The highest BCUT2D eigenvalue weighted by atomic mass is 31.1. The topological polar surface area (TPSA) is 32.8 Å². The molecule has 0 saturated heterocycles. The van der Waals surface area contributed by atoms with E-state index in [1.165, 1.54) is 0 Å². The molecule has 0 N–H and O–H groups in total. The molecule has 114 valence electrons. The maximum Gasteiger partial charge on any atom is 0.305 e. The van der Waals surface area contributed by atoms with Gasteiger partial charge in [-0.1, -0.05) is 27.7 Å². The Hall–Kier alpha value is -0.180. The van der Waals surface area contributed by atoms with Gasteiger partial charge in [0.2, 0.25) is 0 Å². The largest absolute Gasteiger partial charge is 0.466 e. The lowest BCUT2D eigenvalue weighted by molar-refractivity contribution is -0.143. The third kappa shape index (κ3) is 7.24. The molecule has 0 amide bonds. The van der Waals surface area contributed by atoms with Crippen LogP contribution in [0.2, 0.25) is 0 Å². The summed E-state index contributed by atoms with van der Waals surface area (Å²) in [5.41, 5.74) is 0. The number of carbonyl (C=O) groups is 1. The molecule has 0 aliphatic rings. The van der Waals surface area contributed by atoms with Crippen molar-refractivity contribution in [2.24, 2.45) is 0 Å². The third-order valence-electron chi connectivity index (χ3n) is 3.16. The Bertz CT molecular complexity index is 219. The van der Waals surface area contributed by atoms with Gasteiger partial charge in [-0.05, 0) is 19.5 Å². The summed E-state index contributed by atoms with van der Waals surface area (Å²) in [6.07, 6.45) is 2.57. The van der Waals surface area contributed by atoms with E-state index in [-0.39, 0.29) is 14.2 Å². The van der Waals surface area contributed by atoms with E-state index in [2.05, 4.69) is 37.0 Å². The second kappa shape index (κ2) is 11.6. The van der Waals surface area contributed by atoms with E-state index in [9.17, 15) is 4.79 Å². The first-order valence-electron chi connectivity index (χ1n) is 7.57. The van der Waals surface area contributed by atoms with Crippen molar-refractivity contribution in [1.29, 1.82) is 0 Å². The van der Waals surface area contributed by atoms with Gasteiger partial charge in [0.25, 0.3) is 0 Å². The highest BCUT2D eigenvalue weighted by molar-refractivity contribution is 7.52. The molecule has 4 nitrogen and oxygen atoms in total. The average Bonchev–Trinajstić information content (AvgIpc) is 2.41. The molecule has 0 rings (SSSR count). The normalized spacial score (nSPS) is 11.6.